The van der Waals surface area contributed by atoms with Crippen molar-refractivity contribution in [2.24, 2.45) is 0 Å². The van der Waals surface area contributed by atoms with Gasteiger partial charge >= 0.3 is 0 Å². The molecule has 1 aliphatic carbocycles. The lowest BCUT2D eigenvalue weighted by Gasteiger charge is -2.34. The molecule has 31 heavy (non-hydrogen) atoms. The fraction of sp³-hybridized carbons (Fsp3) is 0.652. The zero-order valence-corrected chi connectivity index (χ0v) is 19.0. The maximum Gasteiger partial charge on any atom is 0.227 e. The largest absolute Gasteiger partial charge is 0.367 e. The minimum absolute atomic E-state index is 0.0240. The molecule has 1 aromatic carbocycles. The van der Waals surface area contributed by atoms with Gasteiger partial charge in [-0.05, 0) is 39.0 Å². The monoisotopic (exact) mass is 430 g/mol. The van der Waals surface area contributed by atoms with Crippen molar-refractivity contribution < 1.29 is 9.18 Å². The molecule has 0 spiro atoms. The van der Waals surface area contributed by atoms with Crippen LogP contribution in [-0.2, 0) is 11.2 Å². The minimum atomic E-state index is -0.229. The standard InChI is InChI=1S/C23H35FN6O/c1-4-28(5-2)9-8-25-23(31)16-22-26-19-14-18(24)20(29-12-10-27(3)11-13-29)15-21(19)30(22)17-6-7-17/h14-15,17H,4-13,16H2,1-3H3,(H,25,31). The zero-order chi connectivity index (χ0) is 22.0. The Kier molecular flexibility index (Phi) is 6.77. The van der Waals surface area contributed by atoms with Crippen molar-refractivity contribution in [2.75, 3.05) is 64.3 Å². The van der Waals surface area contributed by atoms with Crippen molar-refractivity contribution in [3.8, 4) is 0 Å². The number of amides is 1. The van der Waals surface area contributed by atoms with Crippen LogP contribution in [0, 0.1) is 5.82 Å². The van der Waals surface area contributed by atoms with Crippen LogP contribution in [0.15, 0.2) is 12.1 Å². The Labute approximate surface area is 184 Å². The van der Waals surface area contributed by atoms with Gasteiger partial charge in [-0.2, -0.15) is 0 Å². The topological polar surface area (TPSA) is 56.6 Å². The Bertz CT molecular complexity index is 912. The summed E-state index contributed by atoms with van der Waals surface area (Å²) < 4.78 is 17.1. The van der Waals surface area contributed by atoms with Gasteiger partial charge in [-0.3, -0.25) is 4.79 Å². The third-order valence-corrected chi connectivity index (χ3v) is 6.55. The molecule has 1 aromatic heterocycles. The molecule has 0 radical (unpaired) electrons. The van der Waals surface area contributed by atoms with Crippen LogP contribution in [0.5, 0.6) is 0 Å². The number of halogens is 1. The molecule has 1 N–H and O–H groups in total. The number of aromatic nitrogens is 2. The highest BCUT2D eigenvalue weighted by atomic mass is 19.1. The lowest BCUT2D eigenvalue weighted by Crippen LogP contribution is -2.44. The lowest BCUT2D eigenvalue weighted by atomic mass is 10.2. The predicted molar refractivity (Wildman–Crippen MR) is 122 cm³/mol. The first-order valence-corrected chi connectivity index (χ1v) is 11.6. The summed E-state index contributed by atoms with van der Waals surface area (Å²) in [7, 11) is 2.10. The Hall–Kier alpha value is -2.19. The number of rotatable bonds is 9. The molecule has 0 bridgehead atoms. The number of nitrogens with zero attached hydrogens (tertiary/aromatic N) is 5. The lowest BCUT2D eigenvalue weighted by molar-refractivity contribution is -0.120. The van der Waals surface area contributed by atoms with Crippen LogP contribution < -0.4 is 10.2 Å². The number of carbonyl (C=O) groups is 1. The van der Waals surface area contributed by atoms with Crippen LogP contribution in [0.25, 0.3) is 11.0 Å². The van der Waals surface area contributed by atoms with Gasteiger partial charge in [0, 0.05) is 51.4 Å². The van der Waals surface area contributed by atoms with Crippen molar-refractivity contribution in [2.45, 2.75) is 39.2 Å². The number of imidazole rings is 1. The van der Waals surface area contributed by atoms with E-state index < -0.39 is 0 Å². The van der Waals surface area contributed by atoms with Gasteiger partial charge in [-0.15, -0.1) is 0 Å². The number of fused-ring (bicyclic) bond motifs is 1. The summed E-state index contributed by atoms with van der Waals surface area (Å²) in [6.45, 7) is 11.2. The number of nitrogens with one attached hydrogen (secondary N) is 1. The van der Waals surface area contributed by atoms with E-state index in [2.05, 4.69) is 50.5 Å². The predicted octanol–water partition coefficient (Wildman–Crippen LogP) is 2.26. The molecular weight excluding hydrogens is 395 g/mol. The van der Waals surface area contributed by atoms with E-state index in [1.54, 1.807) is 6.07 Å². The van der Waals surface area contributed by atoms with E-state index in [1.165, 1.54) is 0 Å². The first-order chi connectivity index (χ1) is 15.0. The number of hydrogen-bond donors (Lipinski definition) is 1. The second-order valence-electron chi connectivity index (χ2n) is 8.77. The van der Waals surface area contributed by atoms with E-state index in [9.17, 15) is 9.18 Å². The van der Waals surface area contributed by atoms with Gasteiger partial charge < -0.3 is 24.6 Å². The Morgan fingerprint density at radius 2 is 1.90 bits per heavy atom. The second kappa shape index (κ2) is 9.53. The molecule has 1 amide bonds. The van der Waals surface area contributed by atoms with Crippen LogP contribution in [0.1, 0.15) is 38.6 Å². The van der Waals surface area contributed by atoms with E-state index in [-0.39, 0.29) is 18.1 Å². The van der Waals surface area contributed by atoms with Crippen LogP contribution in [-0.4, -0.2) is 84.7 Å². The molecule has 2 heterocycles. The van der Waals surface area contributed by atoms with E-state index in [0.717, 1.165) is 70.0 Å². The summed E-state index contributed by atoms with van der Waals surface area (Å²) in [6, 6.07) is 3.86. The second-order valence-corrected chi connectivity index (χ2v) is 8.77. The van der Waals surface area contributed by atoms with Gasteiger partial charge in [0.2, 0.25) is 5.91 Å². The van der Waals surface area contributed by atoms with Crippen LogP contribution in [0.3, 0.4) is 0 Å². The van der Waals surface area contributed by atoms with Crippen LogP contribution >= 0.6 is 0 Å². The summed E-state index contributed by atoms with van der Waals surface area (Å²) in [5.41, 5.74) is 2.25. The molecule has 1 saturated heterocycles. The van der Waals surface area contributed by atoms with Gasteiger partial charge in [-0.1, -0.05) is 13.8 Å². The van der Waals surface area contributed by atoms with Gasteiger partial charge in [0.05, 0.1) is 23.1 Å². The third-order valence-electron chi connectivity index (χ3n) is 6.55. The molecule has 2 aromatic rings. The zero-order valence-electron chi connectivity index (χ0n) is 19.0. The number of likely N-dealkylation sites (N-methyl/N-ethyl adjacent to an activating group) is 2. The Morgan fingerprint density at radius 3 is 2.55 bits per heavy atom. The first kappa shape index (κ1) is 22.0. The SMILES string of the molecule is CCN(CC)CCNC(=O)Cc1nc2cc(F)c(N3CCN(C)CC3)cc2n1C1CC1. The quantitative estimate of drug-likeness (QED) is 0.661. The van der Waals surface area contributed by atoms with Gasteiger partial charge in [0.15, 0.2) is 0 Å². The first-order valence-electron chi connectivity index (χ1n) is 11.6. The maximum atomic E-state index is 14.9. The van der Waals surface area contributed by atoms with Gasteiger partial charge in [0.25, 0.3) is 0 Å². The van der Waals surface area contributed by atoms with Crippen molar-refractivity contribution in [1.82, 2.24) is 24.7 Å². The summed E-state index contributed by atoms with van der Waals surface area (Å²) in [4.78, 5) is 23.9. The van der Waals surface area contributed by atoms with Crippen molar-refractivity contribution in [1.29, 1.82) is 0 Å². The molecule has 0 unspecified atom stereocenters. The molecule has 7 nitrogen and oxygen atoms in total. The van der Waals surface area contributed by atoms with E-state index in [4.69, 9.17) is 0 Å². The number of hydrogen-bond acceptors (Lipinski definition) is 5. The molecule has 4 rings (SSSR count). The molecule has 2 aliphatic rings. The Balaban J connectivity index is 1.53. The van der Waals surface area contributed by atoms with Crippen molar-refractivity contribution in [3.05, 3.63) is 23.8 Å². The molecular formula is C23H35FN6O. The number of carbonyl (C=O) groups excluding carboxylic acids is 1. The van der Waals surface area contributed by atoms with Gasteiger partial charge in [0.1, 0.15) is 11.6 Å². The van der Waals surface area contributed by atoms with E-state index >= 15 is 0 Å². The summed E-state index contributed by atoms with van der Waals surface area (Å²) in [6.07, 6.45) is 2.40. The fourth-order valence-electron chi connectivity index (χ4n) is 4.41. The number of benzene rings is 1. The molecule has 8 heteroatoms. The number of piperazine rings is 1. The van der Waals surface area contributed by atoms with E-state index in [0.29, 0.717) is 23.8 Å². The highest BCUT2D eigenvalue weighted by Gasteiger charge is 2.30. The smallest absolute Gasteiger partial charge is 0.227 e. The molecule has 1 aliphatic heterocycles. The maximum absolute atomic E-state index is 14.9. The summed E-state index contributed by atoms with van der Waals surface area (Å²) >= 11 is 0. The highest BCUT2D eigenvalue weighted by molar-refractivity contribution is 5.84. The van der Waals surface area contributed by atoms with Crippen molar-refractivity contribution in [3.63, 3.8) is 0 Å². The van der Waals surface area contributed by atoms with Crippen molar-refractivity contribution >= 4 is 22.6 Å². The number of anilines is 1. The Morgan fingerprint density at radius 1 is 1.19 bits per heavy atom. The summed E-state index contributed by atoms with van der Waals surface area (Å²) in [5, 5.41) is 3.02. The summed E-state index contributed by atoms with van der Waals surface area (Å²) in [5.74, 6) is 0.490. The highest BCUT2D eigenvalue weighted by Crippen LogP contribution is 2.40. The van der Waals surface area contributed by atoms with E-state index in [1.807, 2.05) is 6.07 Å². The third kappa shape index (κ3) is 5.01. The van der Waals surface area contributed by atoms with Gasteiger partial charge in [-0.25, -0.2) is 9.37 Å². The van der Waals surface area contributed by atoms with Crippen LogP contribution in [0.2, 0.25) is 0 Å². The average Bonchev–Trinajstić information content (AvgIpc) is 3.53. The molecule has 170 valence electrons. The van der Waals surface area contributed by atoms with Crippen LogP contribution in [0.4, 0.5) is 10.1 Å². The molecule has 0 atom stereocenters. The normalized spacial score (nSPS) is 17.6. The molecule has 2 fully saturated rings. The fourth-order valence-corrected chi connectivity index (χ4v) is 4.41. The molecule has 1 saturated carbocycles. The minimum Gasteiger partial charge on any atom is -0.367 e. The average molecular weight is 431 g/mol.